The minimum Gasteiger partial charge on any atom is -0.384 e. The van der Waals surface area contributed by atoms with Crippen LogP contribution in [-0.4, -0.2) is 6.54 Å². The van der Waals surface area contributed by atoms with E-state index in [0.717, 1.165) is 25.1 Å². The second-order valence-corrected chi connectivity index (χ2v) is 4.75. The molecular weight excluding hydrogens is 256 g/mol. The predicted octanol–water partition coefficient (Wildman–Crippen LogP) is 4.26. The van der Waals surface area contributed by atoms with Gasteiger partial charge in [-0.3, -0.25) is 0 Å². The molecule has 0 heterocycles. The molecule has 96 valence electrons. The molecular formula is C16H15ClN2. The molecule has 0 saturated carbocycles. The van der Waals surface area contributed by atoms with Crippen LogP contribution in [0.3, 0.4) is 0 Å². The zero-order valence-corrected chi connectivity index (χ0v) is 11.3. The molecule has 0 radical (unpaired) electrons. The number of anilines is 1. The van der Waals surface area contributed by atoms with Crippen molar-refractivity contribution in [2.45, 2.75) is 12.8 Å². The first-order chi connectivity index (χ1) is 9.29. The Kier molecular flexibility index (Phi) is 4.83. The molecule has 19 heavy (non-hydrogen) atoms. The monoisotopic (exact) mass is 270 g/mol. The normalized spacial score (nSPS) is 9.89. The van der Waals surface area contributed by atoms with Crippen LogP contribution in [0.15, 0.2) is 48.5 Å². The van der Waals surface area contributed by atoms with E-state index in [2.05, 4.69) is 23.5 Å². The maximum atomic E-state index is 9.01. The number of aryl methyl sites for hydroxylation is 1. The fraction of sp³-hybridized carbons (Fsp3) is 0.188. The van der Waals surface area contributed by atoms with Crippen molar-refractivity contribution in [2.75, 3.05) is 11.9 Å². The molecule has 2 aromatic carbocycles. The van der Waals surface area contributed by atoms with Gasteiger partial charge in [0, 0.05) is 11.6 Å². The van der Waals surface area contributed by atoms with Crippen molar-refractivity contribution in [1.82, 2.24) is 0 Å². The third-order valence-corrected chi connectivity index (χ3v) is 3.14. The SMILES string of the molecule is N#Cc1ccc(Cl)cc1NCCCc1ccccc1. The number of nitrogens with zero attached hydrogens (tertiary/aromatic N) is 1. The van der Waals surface area contributed by atoms with E-state index in [4.69, 9.17) is 16.9 Å². The Morgan fingerprint density at radius 3 is 2.63 bits per heavy atom. The lowest BCUT2D eigenvalue weighted by atomic mass is 10.1. The maximum absolute atomic E-state index is 9.01. The fourth-order valence-electron chi connectivity index (χ4n) is 1.92. The molecule has 0 unspecified atom stereocenters. The summed E-state index contributed by atoms with van der Waals surface area (Å²) >= 11 is 5.93. The summed E-state index contributed by atoms with van der Waals surface area (Å²) in [6.45, 7) is 0.823. The molecule has 0 spiro atoms. The van der Waals surface area contributed by atoms with Gasteiger partial charge in [0.25, 0.3) is 0 Å². The number of nitrogens with one attached hydrogen (secondary N) is 1. The van der Waals surface area contributed by atoms with E-state index in [1.165, 1.54) is 5.56 Å². The molecule has 2 rings (SSSR count). The lowest BCUT2D eigenvalue weighted by molar-refractivity contribution is 0.863. The van der Waals surface area contributed by atoms with Crippen LogP contribution in [0.25, 0.3) is 0 Å². The van der Waals surface area contributed by atoms with Gasteiger partial charge in [-0.2, -0.15) is 5.26 Å². The summed E-state index contributed by atoms with van der Waals surface area (Å²) in [4.78, 5) is 0. The third kappa shape index (κ3) is 4.01. The molecule has 0 aliphatic rings. The number of nitriles is 1. The molecule has 2 aromatic rings. The number of benzene rings is 2. The smallest absolute Gasteiger partial charge is 0.101 e. The summed E-state index contributed by atoms with van der Waals surface area (Å²) in [7, 11) is 0. The van der Waals surface area contributed by atoms with Crippen LogP contribution >= 0.6 is 11.6 Å². The predicted molar refractivity (Wildman–Crippen MR) is 79.4 cm³/mol. The number of rotatable bonds is 5. The molecule has 2 nitrogen and oxygen atoms in total. The molecule has 0 atom stereocenters. The molecule has 0 aliphatic heterocycles. The zero-order chi connectivity index (χ0) is 13.5. The van der Waals surface area contributed by atoms with Gasteiger partial charge in [0.2, 0.25) is 0 Å². The van der Waals surface area contributed by atoms with E-state index in [1.807, 2.05) is 18.2 Å². The van der Waals surface area contributed by atoms with Gasteiger partial charge in [0.15, 0.2) is 0 Å². The Hall–Kier alpha value is -1.98. The Morgan fingerprint density at radius 1 is 1.11 bits per heavy atom. The average Bonchev–Trinajstić information content (AvgIpc) is 2.45. The second kappa shape index (κ2) is 6.82. The summed E-state index contributed by atoms with van der Waals surface area (Å²) in [6.07, 6.45) is 2.04. The van der Waals surface area contributed by atoms with Crippen LogP contribution in [0.2, 0.25) is 5.02 Å². The standard InChI is InChI=1S/C16H15ClN2/c17-15-9-8-14(12-18)16(11-15)19-10-4-7-13-5-2-1-3-6-13/h1-3,5-6,8-9,11,19H,4,7,10H2. The second-order valence-electron chi connectivity index (χ2n) is 4.32. The molecule has 3 heteroatoms. The minimum atomic E-state index is 0.629. The van der Waals surface area contributed by atoms with Crippen LogP contribution in [0.1, 0.15) is 17.5 Å². The zero-order valence-electron chi connectivity index (χ0n) is 10.6. The molecule has 0 aromatic heterocycles. The Bertz CT molecular complexity index is 573. The van der Waals surface area contributed by atoms with Gasteiger partial charge in [0.05, 0.1) is 11.3 Å². The summed E-state index contributed by atoms with van der Waals surface area (Å²) in [5.41, 5.74) is 2.77. The summed E-state index contributed by atoms with van der Waals surface area (Å²) in [5, 5.41) is 12.9. The van der Waals surface area contributed by atoms with Crippen LogP contribution in [0.4, 0.5) is 5.69 Å². The van der Waals surface area contributed by atoms with Crippen molar-refractivity contribution in [3.05, 3.63) is 64.7 Å². The van der Waals surface area contributed by atoms with Gasteiger partial charge in [-0.1, -0.05) is 41.9 Å². The molecule has 1 N–H and O–H groups in total. The van der Waals surface area contributed by atoms with Crippen LogP contribution in [0.5, 0.6) is 0 Å². The summed E-state index contributed by atoms with van der Waals surface area (Å²) < 4.78 is 0. The van der Waals surface area contributed by atoms with Gasteiger partial charge < -0.3 is 5.32 Å². The number of hydrogen-bond acceptors (Lipinski definition) is 2. The van der Waals surface area contributed by atoms with Crippen LogP contribution < -0.4 is 5.32 Å². The first-order valence-electron chi connectivity index (χ1n) is 6.27. The van der Waals surface area contributed by atoms with E-state index >= 15 is 0 Å². The molecule has 0 aliphatic carbocycles. The van der Waals surface area contributed by atoms with E-state index in [1.54, 1.807) is 18.2 Å². The van der Waals surface area contributed by atoms with Crippen LogP contribution in [-0.2, 0) is 6.42 Å². The van der Waals surface area contributed by atoms with E-state index in [9.17, 15) is 0 Å². The van der Waals surface area contributed by atoms with E-state index < -0.39 is 0 Å². The van der Waals surface area contributed by atoms with Gasteiger partial charge >= 0.3 is 0 Å². The first-order valence-corrected chi connectivity index (χ1v) is 6.65. The third-order valence-electron chi connectivity index (χ3n) is 2.90. The number of halogens is 1. The summed E-state index contributed by atoms with van der Waals surface area (Å²) in [5.74, 6) is 0. The molecule has 0 bridgehead atoms. The molecule has 0 saturated heterocycles. The Morgan fingerprint density at radius 2 is 1.89 bits per heavy atom. The number of hydrogen-bond donors (Lipinski definition) is 1. The van der Waals surface area contributed by atoms with E-state index in [-0.39, 0.29) is 0 Å². The maximum Gasteiger partial charge on any atom is 0.101 e. The van der Waals surface area contributed by atoms with Crippen molar-refractivity contribution >= 4 is 17.3 Å². The Labute approximate surface area is 118 Å². The van der Waals surface area contributed by atoms with Crippen molar-refractivity contribution < 1.29 is 0 Å². The average molecular weight is 271 g/mol. The topological polar surface area (TPSA) is 35.8 Å². The highest BCUT2D eigenvalue weighted by Gasteiger charge is 2.02. The minimum absolute atomic E-state index is 0.629. The quantitative estimate of drug-likeness (QED) is 0.824. The fourth-order valence-corrected chi connectivity index (χ4v) is 2.09. The molecule has 0 fully saturated rings. The highest BCUT2D eigenvalue weighted by Crippen LogP contribution is 2.20. The van der Waals surface area contributed by atoms with Gasteiger partial charge in [-0.05, 0) is 36.6 Å². The van der Waals surface area contributed by atoms with Gasteiger partial charge in [-0.25, -0.2) is 0 Å². The van der Waals surface area contributed by atoms with Crippen molar-refractivity contribution in [2.24, 2.45) is 0 Å². The largest absolute Gasteiger partial charge is 0.384 e. The molecule has 0 amide bonds. The van der Waals surface area contributed by atoms with Gasteiger partial charge in [0.1, 0.15) is 6.07 Å². The van der Waals surface area contributed by atoms with Crippen molar-refractivity contribution in [1.29, 1.82) is 5.26 Å². The van der Waals surface area contributed by atoms with E-state index in [0.29, 0.717) is 10.6 Å². The summed E-state index contributed by atoms with van der Waals surface area (Å²) in [6, 6.07) is 17.8. The highest BCUT2D eigenvalue weighted by atomic mass is 35.5. The van der Waals surface area contributed by atoms with Crippen LogP contribution in [0, 0.1) is 11.3 Å². The van der Waals surface area contributed by atoms with Gasteiger partial charge in [-0.15, -0.1) is 0 Å². The van der Waals surface area contributed by atoms with Crippen molar-refractivity contribution in [3.8, 4) is 6.07 Å². The van der Waals surface area contributed by atoms with Crippen molar-refractivity contribution in [3.63, 3.8) is 0 Å². The first kappa shape index (κ1) is 13.5. The lowest BCUT2D eigenvalue weighted by Crippen LogP contribution is -2.04. The Balaban J connectivity index is 1.86. The highest BCUT2D eigenvalue weighted by molar-refractivity contribution is 6.30. The lowest BCUT2D eigenvalue weighted by Gasteiger charge is -2.08.